The van der Waals surface area contributed by atoms with Crippen molar-refractivity contribution in [2.75, 3.05) is 0 Å². The molecule has 1 aromatic heterocycles. The third-order valence-corrected chi connectivity index (χ3v) is 4.19. The monoisotopic (exact) mass is 236 g/mol. The van der Waals surface area contributed by atoms with Crippen molar-refractivity contribution < 1.29 is 9.52 Å². The van der Waals surface area contributed by atoms with Gasteiger partial charge in [-0.15, -0.1) is 0 Å². The summed E-state index contributed by atoms with van der Waals surface area (Å²) in [5.41, 5.74) is 0.946. The van der Waals surface area contributed by atoms with Crippen LogP contribution in [0.3, 0.4) is 0 Å². The summed E-state index contributed by atoms with van der Waals surface area (Å²) in [6, 6.07) is 1.88. The zero-order valence-electron chi connectivity index (χ0n) is 10.8. The van der Waals surface area contributed by atoms with E-state index in [1.165, 1.54) is 44.9 Å². The molecule has 1 aromatic rings. The van der Waals surface area contributed by atoms with Crippen LogP contribution in [0.25, 0.3) is 0 Å². The van der Waals surface area contributed by atoms with E-state index in [9.17, 15) is 5.11 Å². The Kier molecular flexibility index (Phi) is 4.66. The van der Waals surface area contributed by atoms with Crippen molar-refractivity contribution >= 4 is 0 Å². The van der Waals surface area contributed by atoms with Crippen LogP contribution < -0.4 is 0 Å². The standard InChI is InChI=1S/C15H24O2/c1-2-3-4-12-5-7-13(8-6-12)15(16)14-9-10-17-11-14/h9-13,15-16H,2-8H2,1H3. The second kappa shape index (κ2) is 6.25. The molecule has 1 heterocycles. The number of hydrogen-bond acceptors (Lipinski definition) is 2. The molecule has 0 radical (unpaired) electrons. The molecular weight excluding hydrogens is 212 g/mol. The van der Waals surface area contributed by atoms with Gasteiger partial charge in [-0.2, -0.15) is 0 Å². The van der Waals surface area contributed by atoms with Gasteiger partial charge in [0.15, 0.2) is 0 Å². The highest BCUT2D eigenvalue weighted by Gasteiger charge is 2.27. The maximum absolute atomic E-state index is 10.2. The second-order valence-corrected chi connectivity index (χ2v) is 5.42. The Morgan fingerprint density at radius 1 is 1.35 bits per heavy atom. The first kappa shape index (κ1) is 12.7. The van der Waals surface area contributed by atoms with Crippen molar-refractivity contribution in [2.45, 2.75) is 58.0 Å². The van der Waals surface area contributed by atoms with Crippen LogP contribution in [0, 0.1) is 11.8 Å². The first-order valence-corrected chi connectivity index (χ1v) is 7.01. The molecule has 2 heteroatoms. The van der Waals surface area contributed by atoms with Crippen LogP contribution in [0.2, 0.25) is 0 Å². The molecule has 2 nitrogen and oxygen atoms in total. The molecule has 0 amide bonds. The number of hydrogen-bond donors (Lipinski definition) is 1. The van der Waals surface area contributed by atoms with Crippen molar-refractivity contribution in [3.8, 4) is 0 Å². The molecule has 17 heavy (non-hydrogen) atoms. The van der Waals surface area contributed by atoms with E-state index in [2.05, 4.69) is 6.92 Å². The van der Waals surface area contributed by atoms with Crippen molar-refractivity contribution in [3.05, 3.63) is 24.2 Å². The zero-order chi connectivity index (χ0) is 12.1. The van der Waals surface area contributed by atoms with Crippen LogP contribution in [0.4, 0.5) is 0 Å². The molecule has 0 spiro atoms. The van der Waals surface area contributed by atoms with E-state index in [1.54, 1.807) is 12.5 Å². The summed E-state index contributed by atoms with van der Waals surface area (Å²) in [7, 11) is 0. The smallest absolute Gasteiger partial charge is 0.0960 e. The van der Waals surface area contributed by atoms with Gasteiger partial charge >= 0.3 is 0 Å². The predicted molar refractivity (Wildman–Crippen MR) is 68.6 cm³/mol. The Morgan fingerprint density at radius 2 is 2.12 bits per heavy atom. The fourth-order valence-electron chi connectivity index (χ4n) is 3.00. The van der Waals surface area contributed by atoms with Gasteiger partial charge in [0.25, 0.3) is 0 Å². The lowest BCUT2D eigenvalue weighted by Gasteiger charge is -2.31. The van der Waals surface area contributed by atoms with Crippen molar-refractivity contribution in [2.24, 2.45) is 11.8 Å². The molecule has 1 fully saturated rings. The molecule has 1 aliphatic carbocycles. The lowest BCUT2D eigenvalue weighted by Crippen LogP contribution is -2.20. The van der Waals surface area contributed by atoms with Crippen LogP contribution in [-0.2, 0) is 0 Å². The van der Waals surface area contributed by atoms with Gasteiger partial charge in [-0.3, -0.25) is 0 Å². The maximum atomic E-state index is 10.2. The largest absolute Gasteiger partial charge is 0.472 e. The molecule has 0 aromatic carbocycles. The Bertz CT molecular complexity index is 297. The fraction of sp³-hybridized carbons (Fsp3) is 0.733. The quantitative estimate of drug-likeness (QED) is 0.826. The summed E-state index contributed by atoms with van der Waals surface area (Å²) in [6.07, 6.45) is 12.0. The molecule has 1 aliphatic rings. The van der Waals surface area contributed by atoms with Gasteiger partial charge in [-0.25, -0.2) is 0 Å². The minimum Gasteiger partial charge on any atom is -0.472 e. The fourth-order valence-corrected chi connectivity index (χ4v) is 3.00. The van der Waals surface area contributed by atoms with Crippen LogP contribution in [-0.4, -0.2) is 5.11 Å². The van der Waals surface area contributed by atoms with Crippen molar-refractivity contribution in [1.82, 2.24) is 0 Å². The normalized spacial score (nSPS) is 26.9. The number of rotatable bonds is 5. The molecule has 2 rings (SSSR count). The summed E-state index contributed by atoms with van der Waals surface area (Å²) in [5.74, 6) is 1.34. The average molecular weight is 236 g/mol. The van der Waals surface area contributed by atoms with Gasteiger partial charge in [0, 0.05) is 5.56 Å². The number of aliphatic hydroxyl groups is 1. The number of furan rings is 1. The summed E-state index contributed by atoms with van der Waals surface area (Å²) >= 11 is 0. The molecule has 0 aliphatic heterocycles. The van der Waals surface area contributed by atoms with Crippen LogP contribution >= 0.6 is 0 Å². The lowest BCUT2D eigenvalue weighted by atomic mass is 9.76. The molecule has 0 bridgehead atoms. The highest BCUT2D eigenvalue weighted by molar-refractivity contribution is 5.10. The first-order valence-electron chi connectivity index (χ1n) is 7.01. The minimum atomic E-state index is -0.319. The first-order chi connectivity index (χ1) is 8.31. The third kappa shape index (κ3) is 3.35. The topological polar surface area (TPSA) is 33.4 Å². The van der Waals surface area contributed by atoms with Crippen LogP contribution in [0.5, 0.6) is 0 Å². The van der Waals surface area contributed by atoms with Gasteiger partial charge in [0.2, 0.25) is 0 Å². The second-order valence-electron chi connectivity index (χ2n) is 5.42. The van der Waals surface area contributed by atoms with E-state index >= 15 is 0 Å². The SMILES string of the molecule is CCCCC1CCC(C(O)c2ccoc2)CC1. The van der Waals surface area contributed by atoms with E-state index in [0.29, 0.717) is 5.92 Å². The third-order valence-electron chi connectivity index (χ3n) is 4.19. The number of aliphatic hydroxyl groups excluding tert-OH is 1. The van der Waals surface area contributed by atoms with Crippen molar-refractivity contribution in [1.29, 1.82) is 0 Å². The Balaban J connectivity index is 1.79. The van der Waals surface area contributed by atoms with Gasteiger partial charge in [0.1, 0.15) is 0 Å². The van der Waals surface area contributed by atoms with Gasteiger partial charge in [-0.1, -0.05) is 39.0 Å². The predicted octanol–water partition coefficient (Wildman–Crippen LogP) is 4.31. The summed E-state index contributed by atoms with van der Waals surface area (Å²) < 4.78 is 5.04. The van der Waals surface area contributed by atoms with E-state index in [1.807, 2.05) is 6.07 Å². The highest BCUT2D eigenvalue weighted by atomic mass is 16.3. The minimum absolute atomic E-state index is 0.319. The maximum Gasteiger partial charge on any atom is 0.0960 e. The summed E-state index contributed by atoms with van der Waals surface area (Å²) in [6.45, 7) is 2.26. The molecule has 0 saturated heterocycles. The van der Waals surface area contributed by atoms with Crippen LogP contribution in [0.15, 0.2) is 23.0 Å². The lowest BCUT2D eigenvalue weighted by molar-refractivity contribution is 0.0715. The van der Waals surface area contributed by atoms with E-state index in [4.69, 9.17) is 4.42 Å². The molecule has 1 saturated carbocycles. The van der Waals surface area contributed by atoms with E-state index in [0.717, 1.165) is 11.5 Å². The Hall–Kier alpha value is -0.760. The summed E-state index contributed by atoms with van der Waals surface area (Å²) in [5, 5.41) is 10.2. The molecule has 1 unspecified atom stereocenters. The van der Waals surface area contributed by atoms with E-state index < -0.39 is 0 Å². The molecule has 1 atom stereocenters. The Labute approximate surface area is 104 Å². The van der Waals surface area contributed by atoms with E-state index in [-0.39, 0.29) is 6.10 Å². The highest BCUT2D eigenvalue weighted by Crippen LogP contribution is 2.38. The average Bonchev–Trinajstić information content (AvgIpc) is 2.90. The summed E-state index contributed by atoms with van der Waals surface area (Å²) in [4.78, 5) is 0. The van der Waals surface area contributed by atoms with Gasteiger partial charge < -0.3 is 9.52 Å². The molecule has 1 N–H and O–H groups in total. The van der Waals surface area contributed by atoms with Gasteiger partial charge in [0.05, 0.1) is 18.6 Å². The Morgan fingerprint density at radius 3 is 2.71 bits per heavy atom. The molecule has 96 valence electrons. The molecular formula is C15H24O2. The number of unbranched alkanes of at least 4 members (excludes halogenated alkanes) is 1. The van der Waals surface area contributed by atoms with Crippen molar-refractivity contribution in [3.63, 3.8) is 0 Å². The zero-order valence-corrected chi connectivity index (χ0v) is 10.8. The van der Waals surface area contributed by atoms with Crippen LogP contribution in [0.1, 0.15) is 63.5 Å². The van der Waals surface area contributed by atoms with Gasteiger partial charge in [-0.05, 0) is 30.7 Å².